The third-order valence-electron chi connectivity index (χ3n) is 5.97. The van der Waals surface area contributed by atoms with E-state index in [9.17, 15) is 9.18 Å². The Labute approximate surface area is 198 Å². The number of rotatable bonds is 9. The number of carbonyl (C=O) groups is 1. The van der Waals surface area contributed by atoms with Crippen LogP contribution in [0.5, 0.6) is 0 Å². The molecule has 1 fully saturated rings. The second-order valence-electron chi connectivity index (χ2n) is 8.38. The van der Waals surface area contributed by atoms with Gasteiger partial charge >= 0.3 is 0 Å². The quantitative estimate of drug-likeness (QED) is 0.465. The molecule has 0 radical (unpaired) electrons. The second kappa shape index (κ2) is 10.9. The minimum absolute atomic E-state index is 0.0641. The van der Waals surface area contributed by atoms with Gasteiger partial charge < -0.3 is 9.32 Å². The molecule has 4 rings (SSSR count). The van der Waals surface area contributed by atoms with Gasteiger partial charge in [0.1, 0.15) is 5.82 Å². The summed E-state index contributed by atoms with van der Waals surface area (Å²) in [6.07, 6.45) is 5.21. The van der Waals surface area contributed by atoms with Gasteiger partial charge in [-0.05, 0) is 49.1 Å². The number of benzene rings is 2. The highest BCUT2D eigenvalue weighted by atomic mass is 35.5. The zero-order valence-corrected chi connectivity index (χ0v) is 19.3. The van der Waals surface area contributed by atoms with Gasteiger partial charge in [-0.25, -0.2) is 9.37 Å². The highest BCUT2D eigenvalue weighted by Crippen LogP contribution is 2.28. The fraction of sp³-hybridized carbons (Fsp3) is 0.360. The molecule has 2 atom stereocenters. The first-order chi connectivity index (χ1) is 16.0. The first-order valence-corrected chi connectivity index (χ1v) is 11.6. The summed E-state index contributed by atoms with van der Waals surface area (Å²) in [5.74, 6) is 0.972. The number of amides is 1. The van der Waals surface area contributed by atoms with Crippen molar-refractivity contribution in [3.63, 3.8) is 0 Å². The van der Waals surface area contributed by atoms with Gasteiger partial charge in [0.15, 0.2) is 11.7 Å². The molecule has 6 nitrogen and oxygen atoms in total. The standard InChI is InChI=1S/C25H28ClFN4O2/c1-31(14-4-5-19-15-22(30-29-19)17-8-10-18(27)11-9-17)25(32)13-12-24-28-16-23(33-24)20-6-2-3-7-21(20)26/h2-3,6-11,16,19,22,29-30H,4-5,12-15H2,1H3. The first-order valence-electron chi connectivity index (χ1n) is 11.2. The maximum Gasteiger partial charge on any atom is 0.222 e. The van der Waals surface area contributed by atoms with E-state index in [1.807, 2.05) is 37.4 Å². The van der Waals surface area contributed by atoms with E-state index in [0.29, 0.717) is 42.1 Å². The summed E-state index contributed by atoms with van der Waals surface area (Å²) in [7, 11) is 1.83. The van der Waals surface area contributed by atoms with Crippen LogP contribution in [0.1, 0.15) is 43.2 Å². The fourth-order valence-corrected chi connectivity index (χ4v) is 4.27. The third-order valence-corrected chi connectivity index (χ3v) is 6.30. The number of hydrazine groups is 1. The lowest BCUT2D eigenvalue weighted by molar-refractivity contribution is -0.130. The van der Waals surface area contributed by atoms with Gasteiger partial charge in [-0.3, -0.25) is 15.6 Å². The van der Waals surface area contributed by atoms with E-state index < -0.39 is 0 Å². The highest BCUT2D eigenvalue weighted by Gasteiger charge is 2.24. The van der Waals surface area contributed by atoms with Crippen molar-refractivity contribution in [2.75, 3.05) is 13.6 Å². The summed E-state index contributed by atoms with van der Waals surface area (Å²) in [6.45, 7) is 0.689. The Balaban J connectivity index is 1.17. The number of halogens is 2. The van der Waals surface area contributed by atoms with E-state index in [0.717, 1.165) is 30.4 Å². The Morgan fingerprint density at radius 1 is 1.21 bits per heavy atom. The Morgan fingerprint density at radius 3 is 2.79 bits per heavy atom. The van der Waals surface area contributed by atoms with Crippen molar-refractivity contribution in [1.82, 2.24) is 20.7 Å². The Morgan fingerprint density at radius 2 is 2.00 bits per heavy atom. The zero-order valence-electron chi connectivity index (χ0n) is 18.6. The number of hydrogen-bond acceptors (Lipinski definition) is 5. The highest BCUT2D eigenvalue weighted by molar-refractivity contribution is 6.33. The van der Waals surface area contributed by atoms with Crippen LogP contribution < -0.4 is 10.9 Å². The average molecular weight is 471 g/mol. The SMILES string of the molecule is CN(CCCC1CC(c2ccc(F)cc2)NN1)C(=O)CCc1ncc(-c2ccccc2Cl)o1. The van der Waals surface area contributed by atoms with Gasteiger partial charge in [0.2, 0.25) is 5.91 Å². The summed E-state index contributed by atoms with van der Waals surface area (Å²) in [5.41, 5.74) is 8.45. The number of aromatic nitrogens is 1. The molecule has 3 aromatic rings. The first kappa shape index (κ1) is 23.4. The average Bonchev–Trinajstić information content (AvgIpc) is 3.48. The topological polar surface area (TPSA) is 70.4 Å². The number of aryl methyl sites for hydroxylation is 1. The molecule has 174 valence electrons. The molecule has 1 aliphatic heterocycles. The molecular weight excluding hydrogens is 443 g/mol. The van der Waals surface area contributed by atoms with Crippen LogP contribution in [-0.4, -0.2) is 35.4 Å². The van der Waals surface area contributed by atoms with Crippen LogP contribution in [0.4, 0.5) is 4.39 Å². The van der Waals surface area contributed by atoms with Crippen LogP contribution in [-0.2, 0) is 11.2 Å². The normalized spacial score (nSPS) is 17.9. The summed E-state index contributed by atoms with van der Waals surface area (Å²) < 4.78 is 18.9. The molecule has 2 unspecified atom stereocenters. The van der Waals surface area contributed by atoms with Crippen molar-refractivity contribution in [3.8, 4) is 11.3 Å². The Kier molecular flexibility index (Phi) is 7.75. The van der Waals surface area contributed by atoms with Crippen molar-refractivity contribution in [1.29, 1.82) is 0 Å². The molecule has 2 aromatic carbocycles. The van der Waals surface area contributed by atoms with E-state index in [-0.39, 0.29) is 17.8 Å². The van der Waals surface area contributed by atoms with E-state index in [1.54, 1.807) is 17.2 Å². The Hall–Kier alpha value is -2.74. The van der Waals surface area contributed by atoms with Gasteiger partial charge in [-0.15, -0.1) is 0 Å². The zero-order chi connectivity index (χ0) is 23.2. The molecule has 1 saturated heterocycles. The largest absolute Gasteiger partial charge is 0.441 e. The van der Waals surface area contributed by atoms with E-state index in [1.165, 1.54) is 12.1 Å². The lowest BCUT2D eigenvalue weighted by Gasteiger charge is -2.18. The molecule has 1 aliphatic rings. The monoisotopic (exact) mass is 470 g/mol. The maximum atomic E-state index is 13.1. The van der Waals surface area contributed by atoms with Crippen molar-refractivity contribution >= 4 is 17.5 Å². The summed E-state index contributed by atoms with van der Waals surface area (Å²) in [4.78, 5) is 18.6. The minimum Gasteiger partial charge on any atom is -0.441 e. The molecule has 0 aliphatic carbocycles. The van der Waals surface area contributed by atoms with Crippen LogP contribution in [0.15, 0.2) is 59.1 Å². The smallest absolute Gasteiger partial charge is 0.222 e. The third kappa shape index (κ3) is 6.19. The van der Waals surface area contributed by atoms with Gasteiger partial charge in [0.05, 0.1) is 11.2 Å². The number of carbonyl (C=O) groups excluding carboxylic acids is 1. The second-order valence-corrected chi connectivity index (χ2v) is 8.79. The van der Waals surface area contributed by atoms with Crippen LogP contribution in [0, 0.1) is 5.82 Å². The molecule has 8 heteroatoms. The molecule has 2 heterocycles. The fourth-order valence-electron chi connectivity index (χ4n) is 4.04. The summed E-state index contributed by atoms with van der Waals surface area (Å²) in [6, 6.07) is 14.5. The predicted octanol–water partition coefficient (Wildman–Crippen LogP) is 4.91. The van der Waals surface area contributed by atoms with Crippen molar-refractivity contribution in [3.05, 3.63) is 77.0 Å². The molecule has 1 aromatic heterocycles. The van der Waals surface area contributed by atoms with Crippen molar-refractivity contribution in [2.45, 2.75) is 44.2 Å². The number of oxazole rings is 1. The molecule has 1 amide bonds. The molecule has 2 N–H and O–H groups in total. The van der Waals surface area contributed by atoms with E-state index in [4.69, 9.17) is 16.0 Å². The van der Waals surface area contributed by atoms with Crippen LogP contribution in [0.3, 0.4) is 0 Å². The van der Waals surface area contributed by atoms with Crippen LogP contribution >= 0.6 is 11.6 Å². The van der Waals surface area contributed by atoms with E-state index >= 15 is 0 Å². The molecule has 0 spiro atoms. The number of nitrogens with zero attached hydrogens (tertiary/aromatic N) is 2. The van der Waals surface area contributed by atoms with Crippen LogP contribution in [0.25, 0.3) is 11.3 Å². The molecule has 0 saturated carbocycles. The lowest BCUT2D eigenvalue weighted by atomic mass is 9.99. The summed E-state index contributed by atoms with van der Waals surface area (Å²) >= 11 is 6.21. The van der Waals surface area contributed by atoms with Crippen molar-refractivity contribution in [2.24, 2.45) is 0 Å². The lowest BCUT2D eigenvalue weighted by Crippen LogP contribution is -2.32. The molecule has 0 bridgehead atoms. The van der Waals surface area contributed by atoms with E-state index in [2.05, 4.69) is 15.8 Å². The molecule has 33 heavy (non-hydrogen) atoms. The van der Waals surface area contributed by atoms with Crippen molar-refractivity contribution < 1.29 is 13.6 Å². The van der Waals surface area contributed by atoms with Gasteiger partial charge in [0, 0.05) is 44.1 Å². The van der Waals surface area contributed by atoms with Gasteiger partial charge in [-0.2, -0.15) is 0 Å². The van der Waals surface area contributed by atoms with Crippen LogP contribution in [0.2, 0.25) is 5.02 Å². The summed E-state index contributed by atoms with van der Waals surface area (Å²) in [5, 5.41) is 0.604. The van der Waals surface area contributed by atoms with Gasteiger partial charge in [-0.1, -0.05) is 35.9 Å². The van der Waals surface area contributed by atoms with Gasteiger partial charge in [0.25, 0.3) is 0 Å². The predicted molar refractivity (Wildman–Crippen MR) is 126 cm³/mol. The minimum atomic E-state index is -0.224. The molecular formula is C25H28ClFN4O2. The Bertz CT molecular complexity index is 1070. The maximum absolute atomic E-state index is 13.1. The number of nitrogens with one attached hydrogen (secondary N) is 2. The number of hydrogen-bond donors (Lipinski definition) is 2.